The smallest absolute Gasteiger partial charge is 0.407 e. The third-order valence-corrected chi connectivity index (χ3v) is 1.44. The Morgan fingerprint density at radius 3 is 2.38 bits per heavy atom. The van der Waals surface area contributed by atoms with Crippen LogP contribution in [-0.4, -0.2) is 31.3 Å². The van der Waals surface area contributed by atoms with Gasteiger partial charge in [-0.3, -0.25) is 0 Å². The van der Waals surface area contributed by atoms with Gasteiger partial charge in [0.15, 0.2) is 0 Å². The summed E-state index contributed by atoms with van der Waals surface area (Å²) in [6.07, 6.45) is -0.366. The van der Waals surface area contributed by atoms with Gasteiger partial charge in [-0.05, 0) is 34.7 Å². The summed E-state index contributed by atoms with van der Waals surface area (Å²) in [7, 11) is 1.85. The number of nitrogens with one attached hydrogen (secondary N) is 2. The van der Waals surface area contributed by atoms with Crippen LogP contribution in [-0.2, 0) is 4.74 Å². The van der Waals surface area contributed by atoms with Crippen molar-refractivity contribution in [2.24, 2.45) is 0 Å². The predicted molar refractivity (Wildman–Crippen MR) is 52.8 cm³/mol. The summed E-state index contributed by atoms with van der Waals surface area (Å²) in [6, 6.07) is 0.257. The van der Waals surface area contributed by atoms with E-state index in [1.165, 1.54) is 0 Å². The molecule has 4 heteroatoms. The first kappa shape index (κ1) is 12.2. The van der Waals surface area contributed by atoms with Crippen LogP contribution in [0.4, 0.5) is 4.79 Å². The van der Waals surface area contributed by atoms with E-state index in [0.717, 1.165) is 0 Å². The average molecular weight is 188 g/mol. The minimum atomic E-state index is -0.424. The van der Waals surface area contributed by atoms with Gasteiger partial charge in [0.2, 0.25) is 0 Å². The van der Waals surface area contributed by atoms with Crippen molar-refractivity contribution < 1.29 is 9.53 Å². The summed E-state index contributed by atoms with van der Waals surface area (Å²) in [5, 5.41) is 5.68. The van der Waals surface area contributed by atoms with E-state index < -0.39 is 5.60 Å². The Hall–Kier alpha value is -0.770. The standard InChI is InChI=1S/C9H20N2O2/c1-7(10-5)6-11-8(12)13-9(2,3)4/h7,10H,6H2,1-5H3,(H,11,12)/t7-/m1/s1. The monoisotopic (exact) mass is 188 g/mol. The summed E-state index contributed by atoms with van der Waals surface area (Å²) in [6.45, 7) is 8.08. The zero-order chi connectivity index (χ0) is 10.5. The van der Waals surface area contributed by atoms with Crippen LogP contribution in [0.25, 0.3) is 0 Å². The molecule has 0 unspecified atom stereocenters. The molecule has 0 rings (SSSR count). The van der Waals surface area contributed by atoms with Gasteiger partial charge in [0.05, 0.1) is 0 Å². The van der Waals surface area contributed by atoms with Gasteiger partial charge in [-0.25, -0.2) is 4.79 Å². The molecule has 0 spiro atoms. The molecule has 0 saturated heterocycles. The maximum atomic E-state index is 11.1. The molecule has 4 nitrogen and oxygen atoms in total. The number of hydrogen-bond acceptors (Lipinski definition) is 3. The number of rotatable bonds is 3. The summed E-state index contributed by atoms with van der Waals surface area (Å²) >= 11 is 0. The SMILES string of the molecule is CN[C@H](C)CNC(=O)OC(C)(C)C. The Labute approximate surface area is 80.0 Å². The molecule has 0 bridgehead atoms. The molecule has 78 valence electrons. The van der Waals surface area contributed by atoms with Crippen molar-refractivity contribution in [2.45, 2.75) is 39.3 Å². The molecule has 0 aliphatic rings. The molecule has 0 heterocycles. The van der Waals surface area contributed by atoms with Gasteiger partial charge in [0, 0.05) is 12.6 Å². The topological polar surface area (TPSA) is 50.4 Å². The van der Waals surface area contributed by atoms with Gasteiger partial charge < -0.3 is 15.4 Å². The van der Waals surface area contributed by atoms with Gasteiger partial charge in [-0.15, -0.1) is 0 Å². The van der Waals surface area contributed by atoms with Gasteiger partial charge in [0.1, 0.15) is 5.60 Å². The zero-order valence-electron chi connectivity index (χ0n) is 9.10. The van der Waals surface area contributed by atoms with E-state index in [2.05, 4.69) is 10.6 Å². The molecule has 0 aliphatic carbocycles. The van der Waals surface area contributed by atoms with Crippen molar-refractivity contribution in [3.8, 4) is 0 Å². The second-order valence-electron chi connectivity index (χ2n) is 4.07. The number of carbonyl (C=O) groups is 1. The first-order chi connectivity index (χ1) is 5.85. The lowest BCUT2D eigenvalue weighted by molar-refractivity contribution is 0.0524. The van der Waals surface area contributed by atoms with Gasteiger partial charge >= 0.3 is 6.09 Å². The maximum Gasteiger partial charge on any atom is 0.407 e. The molecular weight excluding hydrogens is 168 g/mol. The first-order valence-electron chi connectivity index (χ1n) is 4.49. The molecule has 0 aromatic carbocycles. The lowest BCUT2D eigenvalue weighted by Crippen LogP contribution is -2.39. The number of alkyl carbamates (subject to hydrolysis) is 1. The Morgan fingerprint density at radius 1 is 1.46 bits per heavy atom. The van der Waals surface area contributed by atoms with Crippen molar-refractivity contribution in [3.05, 3.63) is 0 Å². The minimum absolute atomic E-state index is 0.257. The molecular formula is C9H20N2O2. The van der Waals surface area contributed by atoms with Crippen LogP contribution in [0.2, 0.25) is 0 Å². The quantitative estimate of drug-likeness (QED) is 0.697. The fourth-order valence-electron chi connectivity index (χ4n) is 0.653. The third-order valence-electron chi connectivity index (χ3n) is 1.44. The van der Waals surface area contributed by atoms with E-state index in [4.69, 9.17) is 4.74 Å². The number of likely N-dealkylation sites (N-methyl/N-ethyl adjacent to an activating group) is 1. The lowest BCUT2D eigenvalue weighted by atomic mass is 10.2. The molecule has 1 amide bonds. The van der Waals surface area contributed by atoms with E-state index >= 15 is 0 Å². The van der Waals surface area contributed by atoms with Crippen LogP contribution >= 0.6 is 0 Å². The largest absolute Gasteiger partial charge is 0.444 e. The second-order valence-corrected chi connectivity index (χ2v) is 4.07. The molecule has 0 saturated carbocycles. The molecule has 13 heavy (non-hydrogen) atoms. The highest BCUT2D eigenvalue weighted by atomic mass is 16.6. The first-order valence-corrected chi connectivity index (χ1v) is 4.49. The molecule has 0 fully saturated rings. The molecule has 0 aliphatic heterocycles. The third kappa shape index (κ3) is 7.59. The fourth-order valence-corrected chi connectivity index (χ4v) is 0.653. The van der Waals surface area contributed by atoms with E-state index in [-0.39, 0.29) is 12.1 Å². The highest BCUT2D eigenvalue weighted by molar-refractivity contribution is 5.67. The van der Waals surface area contributed by atoms with Gasteiger partial charge in [-0.1, -0.05) is 0 Å². The Balaban J connectivity index is 3.64. The fraction of sp³-hybridized carbons (Fsp3) is 0.889. The molecule has 1 atom stereocenters. The molecule has 0 aromatic heterocycles. The zero-order valence-corrected chi connectivity index (χ0v) is 9.10. The number of amides is 1. The highest BCUT2D eigenvalue weighted by Gasteiger charge is 2.15. The summed E-state index contributed by atoms with van der Waals surface area (Å²) in [4.78, 5) is 11.1. The van der Waals surface area contributed by atoms with Crippen molar-refractivity contribution in [1.82, 2.24) is 10.6 Å². The number of carbonyl (C=O) groups excluding carboxylic acids is 1. The summed E-state index contributed by atoms with van der Waals surface area (Å²) < 4.78 is 5.05. The van der Waals surface area contributed by atoms with Crippen LogP contribution in [0.1, 0.15) is 27.7 Å². The lowest BCUT2D eigenvalue weighted by Gasteiger charge is -2.20. The minimum Gasteiger partial charge on any atom is -0.444 e. The van der Waals surface area contributed by atoms with Crippen LogP contribution in [0.3, 0.4) is 0 Å². The van der Waals surface area contributed by atoms with Gasteiger partial charge in [0.25, 0.3) is 0 Å². The second kappa shape index (κ2) is 5.07. The molecule has 2 N–H and O–H groups in total. The summed E-state index contributed by atoms with van der Waals surface area (Å²) in [5.74, 6) is 0. The predicted octanol–water partition coefficient (Wildman–Crippen LogP) is 1.12. The Kier molecular flexibility index (Phi) is 4.77. The van der Waals surface area contributed by atoms with Crippen molar-refractivity contribution in [1.29, 1.82) is 0 Å². The molecule has 0 aromatic rings. The maximum absolute atomic E-state index is 11.1. The summed E-state index contributed by atoms with van der Waals surface area (Å²) in [5.41, 5.74) is -0.424. The normalized spacial score (nSPS) is 13.6. The molecule has 0 radical (unpaired) electrons. The van der Waals surface area contributed by atoms with E-state index in [9.17, 15) is 4.79 Å². The average Bonchev–Trinajstić information content (AvgIpc) is 1.97. The van der Waals surface area contributed by atoms with E-state index in [1.807, 2.05) is 34.7 Å². The van der Waals surface area contributed by atoms with Crippen LogP contribution in [0.15, 0.2) is 0 Å². The number of hydrogen-bond donors (Lipinski definition) is 2. The van der Waals surface area contributed by atoms with E-state index in [0.29, 0.717) is 6.54 Å². The van der Waals surface area contributed by atoms with E-state index in [1.54, 1.807) is 0 Å². The van der Waals surface area contributed by atoms with Crippen molar-refractivity contribution in [3.63, 3.8) is 0 Å². The van der Waals surface area contributed by atoms with Crippen LogP contribution < -0.4 is 10.6 Å². The van der Waals surface area contributed by atoms with Crippen molar-refractivity contribution >= 4 is 6.09 Å². The Morgan fingerprint density at radius 2 is 2.00 bits per heavy atom. The Bertz CT molecular complexity index is 163. The van der Waals surface area contributed by atoms with Crippen LogP contribution in [0.5, 0.6) is 0 Å². The van der Waals surface area contributed by atoms with Crippen molar-refractivity contribution in [2.75, 3.05) is 13.6 Å². The van der Waals surface area contributed by atoms with Crippen LogP contribution in [0, 0.1) is 0 Å². The highest BCUT2D eigenvalue weighted by Crippen LogP contribution is 2.06. The number of ether oxygens (including phenoxy) is 1. The van der Waals surface area contributed by atoms with Gasteiger partial charge in [-0.2, -0.15) is 0 Å².